The lowest BCUT2D eigenvalue weighted by molar-refractivity contribution is -0.138. The van der Waals surface area contributed by atoms with Gasteiger partial charge in [-0.15, -0.1) is 0 Å². The van der Waals surface area contributed by atoms with Gasteiger partial charge in [-0.3, -0.25) is 24.4 Å². The highest BCUT2D eigenvalue weighted by molar-refractivity contribution is 14.1. The predicted octanol–water partition coefficient (Wildman–Crippen LogP) is 6.45. The molecular formula is C36H49BrIN5O2. The van der Waals surface area contributed by atoms with Crippen LogP contribution in [0.25, 0.3) is 0 Å². The number of likely N-dealkylation sites (tertiary alicyclic amines) is 2. The summed E-state index contributed by atoms with van der Waals surface area (Å²) in [6.45, 7) is 10.5. The number of piperazine rings is 1. The molecule has 1 aliphatic carbocycles. The number of aromatic nitrogens is 1. The molecule has 4 heterocycles. The number of nitrogens with zero attached hydrogens (tertiary/aromatic N) is 5. The molecule has 4 aliphatic rings. The van der Waals surface area contributed by atoms with E-state index in [9.17, 15) is 9.59 Å². The molecule has 6 rings (SSSR count). The summed E-state index contributed by atoms with van der Waals surface area (Å²) in [5.41, 5.74) is 5.50. The Morgan fingerprint density at radius 3 is 2.44 bits per heavy atom. The maximum atomic E-state index is 13.6. The molecule has 7 nitrogen and oxygen atoms in total. The second-order valence-corrected chi connectivity index (χ2v) is 15.9. The first kappa shape index (κ1) is 33.3. The number of pyridine rings is 1. The Labute approximate surface area is 291 Å². The molecular weight excluding hydrogens is 741 g/mol. The van der Waals surface area contributed by atoms with Crippen molar-refractivity contribution in [3.05, 3.63) is 60.9 Å². The Morgan fingerprint density at radius 2 is 1.71 bits per heavy atom. The van der Waals surface area contributed by atoms with Crippen LogP contribution in [0.5, 0.6) is 0 Å². The van der Waals surface area contributed by atoms with Crippen LogP contribution in [-0.4, -0.2) is 94.3 Å². The minimum absolute atomic E-state index is 0.157. The summed E-state index contributed by atoms with van der Waals surface area (Å²) >= 11 is 6.12. The highest BCUT2D eigenvalue weighted by Crippen LogP contribution is 2.39. The van der Waals surface area contributed by atoms with Crippen molar-refractivity contribution in [2.24, 2.45) is 5.92 Å². The van der Waals surface area contributed by atoms with Gasteiger partial charge in [-0.1, -0.05) is 25.8 Å². The van der Waals surface area contributed by atoms with Crippen molar-refractivity contribution in [2.45, 2.75) is 96.2 Å². The summed E-state index contributed by atoms with van der Waals surface area (Å²) in [5.74, 6) is 0.900. The fourth-order valence-corrected chi connectivity index (χ4v) is 9.27. The number of aryl methyl sites for hydroxylation is 2. The van der Waals surface area contributed by atoms with Gasteiger partial charge < -0.3 is 9.80 Å². The quantitative estimate of drug-likeness (QED) is 0.302. The molecule has 0 saturated carbocycles. The van der Waals surface area contributed by atoms with Crippen molar-refractivity contribution in [1.29, 1.82) is 0 Å². The highest BCUT2D eigenvalue weighted by Gasteiger charge is 2.38. The number of rotatable bonds is 7. The fourth-order valence-electron chi connectivity index (χ4n) is 8.33. The Balaban J connectivity index is 1.10. The minimum atomic E-state index is 0.157. The lowest BCUT2D eigenvalue weighted by Gasteiger charge is -2.48. The average Bonchev–Trinajstić information content (AvgIpc) is 3.20. The third kappa shape index (κ3) is 7.78. The highest BCUT2D eigenvalue weighted by atomic mass is 127. The lowest BCUT2D eigenvalue weighted by Crippen LogP contribution is -2.59. The topological polar surface area (TPSA) is 60.0 Å². The number of halogens is 2. The van der Waals surface area contributed by atoms with Crippen LogP contribution in [0.3, 0.4) is 0 Å². The van der Waals surface area contributed by atoms with Crippen molar-refractivity contribution in [3.8, 4) is 0 Å². The smallest absolute Gasteiger partial charge is 0.223 e. The first-order valence-electron chi connectivity index (χ1n) is 17.3. The molecule has 1 aromatic carbocycles. The molecule has 3 saturated heterocycles. The zero-order valence-electron chi connectivity index (χ0n) is 27.0. The molecule has 244 valence electrons. The molecule has 0 radical (unpaired) electrons. The van der Waals surface area contributed by atoms with E-state index in [1.807, 2.05) is 11.1 Å². The summed E-state index contributed by atoms with van der Waals surface area (Å²) in [5, 5.41) is 0. The number of benzene rings is 1. The summed E-state index contributed by atoms with van der Waals surface area (Å²) in [6, 6.07) is 10.4. The van der Waals surface area contributed by atoms with Crippen molar-refractivity contribution >= 4 is 50.3 Å². The van der Waals surface area contributed by atoms with Crippen LogP contribution >= 0.6 is 38.5 Å². The van der Waals surface area contributed by atoms with Crippen LogP contribution in [0.4, 0.5) is 0 Å². The summed E-state index contributed by atoms with van der Waals surface area (Å²) < 4.78 is 2.37. The summed E-state index contributed by atoms with van der Waals surface area (Å²) in [4.78, 5) is 40.0. The maximum Gasteiger partial charge on any atom is 0.223 e. The van der Waals surface area contributed by atoms with E-state index in [2.05, 4.69) is 84.4 Å². The third-order valence-electron chi connectivity index (χ3n) is 10.9. The van der Waals surface area contributed by atoms with E-state index in [4.69, 9.17) is 4.98 Å². The Hall–Kier alpha value is -1.56. The molecule has 3 fully saturated rings. The number of piperidine rings is 2. The van der Waals surface area contributed by atoms with Crippen molar-refractivity contribution in [3.63, 3.8) is 0 Å². The molecule has 1 aromatic heterocycles. The normalized spacial score (nSPS) is 23.8. The van der Waals surface area contributed by atoms with Gasteiger partial charge in [-0.05, 0) is 124 Å². The van der Waals surface area contributed by atoms with Crippen LogP contribution in [0.2, 0.25) is 0 Å². The molecule has 0 bridgehead atoms. The molecule has 45 heavy (non-hydrogen) atoms. The van der Waals surface area contributed by atoms with Crippen molar-refractivity contribution < 1.29 is 9.59 Å². The van der Waals surface area contributed by atoms with E-state index < -0.39 is 0 Å². The van der Waals surface area contributed by atoms with E-state index in [-0.39, 0.29) is 11.9 Å². The van der Waals surface area contributed by atoms with Gasteiger partial charge >= 0.3 is 0 Å². The van der Waals surface area contributed by atoms with Gasteiger partial charge in [0.1, 0.15) is 0 Å². The molecule has 2 atom stereocenters. The van der Waals surface area contributed by atoms with Crippen LogP contribution < -0.4 is 0 Å². The van der Waals surface area contributed by atoms with Crippen molar-refractivity contribution in [1.82, 2.24) is 24.6 Å². The first-order valence-corrected chi connectivity index (χ1v) is 19.1. The second kappa shape index (κ2) is 15.1. The molecule has 0 spiro atoms. The number of hydrogen-bond donors (Lipinski definition) is 0. The van der Waals surface area contributed by atoms with Gasteiger partial charge in [0.05, 0.1) is 11.7 Å². The van der Waals surface area contributed by atoms with Gasteiger partial charge in [0, 0.05) is 85.5 Å². The minimum Gasteiger partial charge on any atom is -0.343 e. The zero-order valence-corrected chi connectivity index (χ0v) is 30.8. The summed E-state index contributed by atoms with van der Waals surface area (Å²) in [7, 11) is 0. The number of unbranched alkanes of at least 4 members (excludes halogenated alkanes) is 1. The van der Waals surface area contributed by atoms with E-state index in [1.165, 1.54) is 32.4 Å². The molecule has 0 N–H and O–H groups in total. The molecule has 2 aromatic rings. The van der Waals surface area contributed by atoms with E-state index in [1.54, 1.807) is 6.92 Å². The predicted molar refractivity (Wildman–Crippen MR) is 191 cm³/mol. The maximum absolute atomic E-state index is 13.6. The van der Waals surface area contributed by atoms with E-state index in [0.717, 1.165) is 102 Å². The third-order valence-corrected chi connectivity index (χ3v) is 12.0. The Bertz CT molecular complexity index is 1300. The Morgan fingerprint density at radius 1 is 0.956 bits per heavy atom. The molecule has 3 aliphatic heterocycles. The lowest BCUT2D eigenvalue weighted by atomic mass is 9.91. The number of carbonyl (C=O) groups excluding carboxylic acids is 2. The number of fused-ring (bicyclic) bond motifs is 2. The van der Waals surface area contributed by atoms with Gasteiger partial charge in [-0.2, -0.15) is 0 Å². The zero-order chi connectivity index (χ0) is 31.5. The van der Waals surface area contributed by atoms with Gasteiger partial charge in [0.2, 0.25) is 11.8 Å². The van der Waals surface area contributed by atoms with Gasteiger partial charge in [0.15, 0.2) is 0 Å². The number of carbonyl (C=O) groups is 2. The van der Waals surface area contributed by atoms with Crippen LogP contribution in [0.1, 0.15) is 93.6 Å². The molecule has 2 unspecified atom stereocenters. The standard InChI is InChI=1S/C36H49BrIN5O2/c1-3-4-5-32-24-42(18-19-43(32)34(45)20-26-10-14-40(15-11-26)25(2)44)31-12-16-41(17-13-31)36-33-9-8-30(38)22-27(33)6-7-28-21-29(37)23-39-35(28)36/h8-9,21-23,26,31-32,36H,3-7,10-20,24H2,1-2H3. The molecule has 2 amide bonds. The van der Waals surface area contributed by atoms with Crippen LogP contribution in [0, 0.1) is 9.49 Å². The van der Waals surface area contributed by atoms with Crippen molar-refractivity contribution in [2.75, 3.05) is 45.8 Å². The fraction of sp³-hybridized carbons (Fsp3) is 0.639. The second-order valence-electron chi connectivity index (χ2n) is 13.7. The van der Waals surface area contributed by atoms with Crippen LogP contribution in [-0.2, 0) is 22.4 Å². The first-order chi connectivity index (χ1) is 21.8. The van der Waals surface area contributed by atoms with Gasteiger partial charge in [-0.25, -0.2) is 0 Å². The monoisotopic (exact) mass is 789 g/mol. The average molecular weight is 791 g/mol. The van der Waals surface area contributed by atoms with Crippen LogP contribution in [0.15, 0.2) is 34.9 Å². The van der Waals surface area contributed by atoms with Gasteiger partial charge in [0.25, 0.3) is 0 Å². The molecule has 9 heteroatoms. The van der Waals surface area contributed by atoms with E-state index >= 15 is 0 Å². The summed E-state index contributed by atoms with van der Waals surface area (Å²) in [6.07, 6.45) is 12.3. The largest absolute Gasteiger partial charge is 0.343 e. The SMILES string of the molecule is CCCCC1CN(C2CCN(C3c4ccc(I)cc4CCc4cc(Br)cnc43)CC2)CCN1C(=O)CC1CCN(C(C)=O)CC1. The van der Waals surface area contributed by atoms with E-state index in [0.29, 0.717) is 30.3 Å². The number of hydrogen-bond acceptors (Lipinski definition) is 5. The number of amides is 2. The Kier molecular flexibility index (Phi) is 11.2.